The lowest BCUT2D eigenvalue weighted by molar-refractivity contribution is -0.136. The Labute approximate surface area is 189 Å². The van der Waals surface area contributed by atoms with Crippen LogP contribution < -0.4 is 21.9 Å². The summed E-state index contributed by atoms with van der Waals surface area (Å²) in [6.45, 7) is 4.27. The van der Waals surface area contributed by atoms with Crippen LogP contribution in [0.2, 0.25) is 0 Å². The van der Waals surface area contributed by atoms with Crippen molar-refractivity contribution in [1.82, 2.24) is 14.5 Å². The number of aromatic amines is 1. The van der Waals surface area contributed by atoms with Crippen molar-refractivity contribution in [2.75, 3.05) is 22.9 Å². The number of fused-ring (bicyclic) bond motifs is 1. The van der Waals surface area contributed by atoms with Crippen LogP contribution in [-0.2, 0) is 16.1 Å². The number of nitrogens with one attached hydrogen (secondary N) is 1. The molecule has 0 unspecified atom stereocenters. The summed E-state index contributed by atoms with van der Waals surface area (Å²) in [7, 11) is 0. The van der Waals surface area contributed by atoms with E-state index >= 15 is 0 Å². The maximum Gasteiger partial charge on any atom is 0.330 e. The van der Waals surface area contributed by atoms with Gasteiger partial charge < -0.3 is 15.5 Å². The van der Waals surface area contributed by atoms with Crippen molar-refractivity contribution in [1.29, 1.82) is 0 Å². The first-order chi connectivity index (χ1) is 15.3. The molecule has 2 aliphatic heterocycles. The van der Waals surface area contributed by atoms with E-state index in [0.29, 0.717) is 25.0 Å². The summed E-state index contributed by atoms with van der Waals surface area (Å²) in [6, 6.07) is 8.58. The van der Waals surface area contributed by atoms with E-state index in [1.54, 1.807) is 16.7 Å². The Hall–Kier alpha value is -3.01. The van der Waals surface area contributed by atoms with E-state index in [9.17, 15) is 19.2 Å². The van der Waals surface area contributed by atoms with Crippen LogP contribution >= 0.6 is 11.8 Å². The molecule has 2 aliphatic rings. The molecule has 0 radical (unpaired) electrons. The van der Waals surface area contributed by atoms with Gasteiger partial charge >= 0.3 is 5.69 Å². The summed E-state index contributed by atoms with van der Waals surface area (Å²) in [5.74, 6) is -0.00262. The average Bonchev–Trinajstić information content (AvgIpc) is 3.26. The Kier molecular flexibility index (Phi) is 5.89. The standard InChI is InChI=1S/C22H27N5O4S/c1-3-11-25(20(30)15-13-32-22(2)10-9-16(28)27(15)22)17-18(23)26(21(31)24-19(17)29)12-14-7-5-4-6-8-14/h4-8,15H,3,9-13,23H2,1-2H3,(H,24,29,31)/t15-,22+/m1/s1. The number of carbonyl (C=O) groups is 2. The molecule has 2 aromatic rings. The Morgan fingerprint density at radius 3 is 2.69 bits per heavy atom. The van der Waals surface area contributed by atoms with Crippen LogP contribution in [0, 0.1) is 0 Å². The zero-order valence-corrected chi connectivity index (χ0v) is 19.0. The van der Waals surface area contributed by atoms with Crippen LogP contribution in [0.5, 0.6) is 0 Å². The molecule has 1 aromatic carbocycles. The Bertz CT molecular complexity index is 1160. The zero-order chi connectivity index (χ0) is 23.0. The number of aromatic nitrogens is 2. The first-order valence-electron chi connectivity index (χ1n) is 10.7. The van der Waals surface area contributed by atoms with Gasteiger partial charge in [0.25, 0.3) is 11.5 Å². The number of nitrogens with two attached hydrogens (primary N) is 1. The van der Waals surface area contributed by atoms with Gasteiger partial charge in [-0.15, -0.1) is 11.8 Å². The molecule has 0 saturated carbocycles. The van der Waals surface area contributed by atoms with Crippen molar-refractivity contribution >= 4 is 35.1 Å². The number of anilines is 2. The zero-order valence-electron chi connectivity index (χ0n) is 18.2. The minimum atomic E-state index is -0.709. The summed E-state index contributed by atoms with van der Waals surface area (Å²) >= 11 is 1.59. The molecule has 0 bridgehead atoms. The largest absolute Gasteiger partial charge is 0.383 e. The van der Waals surface area contributed by atoms with Gasteiger partial charge in [-0.3, -0.25) is 23.9 Å². The third-order valence-corrected chi connectivity index (χ3v) is 7.62. The van der Waals surface area contributed by atoms with Crippen LogP contribution in [0.4, 0.5) is 11.5 Å². The van der Waals surface area contributed by atoms with Gasteiger partial charge in [-0.25, -0.2) is 4.79 Å². The number of hydrogen-bond donors (Lipinski definition) is 2. The number of carbonyl (C=O) groups excluding carboxylic acids is 2. The fourth-order valence-electron chi connectivity index (χ4n) is 4.50. The minimum Gasteiger partial charge on any atom is -0.383 e. The predicted molar refractivity (Wildman–Crippen MR) is 125 cm³/mol. The number of rotatable bonds is 6. The molecule has 0 spiro atoms. The lowest BCUT2D eigenvalue weighted by atomic mass is 10.2. The Morgan fingerprint density at radius 1 is 1.28 bits per heavy atom. The molecule has 3 heterocycles. The van der Waals surface area contributed by atoms with Gasteiger partial charge in [0.2, 0.25) is 5.91 Å². The molecule has 4 rings (SSSR count). The molecular formula is C22H27N5O4S. The third-order valence-electron chi connectivity index (χ3n) is 6.11. The molecule has 2 atom stereocenters. The summed E-state index contributed by atoms with van der Waals surface area (Å²) in [6.07, 6.45) is 1.68. The smallest absolute Gasteiger partial charge is 0.330 e. The van der Waals surface area contributed by atoms with E-state index in [2.05, 4.69) is 4.98 Å². The van der Waals surface area contributed by atoms with Crippen LogP contribution in [0.15, 0.2) is 39.9 Å². The fourth-order valence-corrected chi connectivity index (χ4v) is 5.92. The molecule has 2 fully saturated rings. The van der Waals surface area contributed by atoms with Crippen molar-refractivity contribution < 1.29 is 9.59 Å². The fraction of sp³-hybridized carbons (Fsp3) is 0.455. The van der Waals surface area contributed by atoms with Gasteiger partial charge in [-0.05, 0) is 25.3 Å². The highest BCUT2D eigenvalue weighted by Gasteiger charge is 2.53. The maximum absolute atomic E-state index is 13.6. The summed E-state index contributed by atoms with van der Waals surface area (Å²) in [5.41, 5.74) is 5.77. The maximum atomic E-state index is 13.6. The molecule has 2 saturated heterocycles. The Morgan fingerprint density at radius 2 is 2.00 bits per heavy atom. The number of nitrogen functional groups attached to an aromatic ring is 1. The monoisotopic (exact) mass is 457 g/mol. The number of benzene rings is 1. The van der Waals surface area contributed by atoms with Crippen molar-refractivity contribution in [3.63, 3.8) is 0 Å². The van der Waals surface area contributed by atoms with E-state index in [-0.39, 0.29) is 36.4 Å². The second-order valence-electron chi connectivity index (χ2n) is 8.32. The lowest BCUT2D eigenvalue weighted by Crippen LogP contribution is -2.53. The number of hydrogen-bond acceptors (Lipinski definition) is 6. The molecule has 9 nitrogen and oxygen atoms in total. The van der Waals surface area contributed by atoms with E-state index in [1.807, 2.05) is 44.2 Å². The molecular weight excluding hydrogens is 430 g/mol. The van der Waals surface area contributed by atoms with Crippen LogP contribution in [0.1, 0.15) is 38.7 Å². The molecule has 32 heavy (non-hydrogen) atoms. The van der Waals surface area contributed by atoms with Crippen LogP contribution in [0.25, 0.3) is 0 Å². The topological polar surface area (TPSA) is 121 Å². The van der Waals surface area contributed by atoms with Crippen molar-refractivity contribution in [3.8, 4) is 0 Å². The second kappa shape index (κ2) is 8.50. The average molecular weight is 458 g/mol. The summed E-state index contributed by atoms with van der Waals surface area (Å²) in [4.78, 5) is 56.4. The molecule has 0 aliphatic carbocycles. The number of thioether (sulfide) groups is 1. The van der Waals surface area contributed by atoms with Crippen LogP contribution in [0.3, 0.4) is 0 Å². The quantitative estimate of drug-likeness (QED) is 0.676. The highest BCUT2D eigenvalue weighted by atomic mass is 32.2. The normalized spacial score (nSPS) is 22.2. The molecule has 1 aromatic heterocycles. The summed E-state index contributed by atoms with van der Waals surface area (Å²) < 4.78 is 1.26. The van der Waals surface area contributed by atoms with Crippen molar-refractivity contribution in [2.45, 2.75) is 50.6 Å². The highest BCUT2D eigenvalue weighted by Crippen LogP contribution is 2.47. The Balaban J connectivity index is 1.75. The van der Waals surface area contributed by atoms with E-state index < -0.39 is 22.2 Å². The van der Waals surface area contributed by atoms with Gasteiger partial charge in [-0.2, -0.15) is 0 Å². The molecule has 170 valence electrons. The molecule has 3 N–H and O–H groups in total. The van der Waals surface area contributed by atoms with Gasteiger partial charge in [0.05, 0.1) is 11.4 Å². The number of H-pyrrole nitrogens is 1. The minimum absolute atomic E-state index is 0.0439. The first-order valence-corrected chi connectivity index (χ1v) is 11.7. The number of nitrogens with zero attached hydrogens (tertiary/aromatic N) is 3. The van der Waals surface area contributed by atoms with Crippen LogP contribution in [-0.4, -0.2) is 49.5 Å². The van der Waals surface area contributed by atoms with Crippen molar-refractivity contribution in [3.05, 3.63) is 56.7 Å². The van der Waals surface area contributed by atoms with Gasteiger partial charge in [0, 0.05) is 18.7 Å². The van der Waals surface area contributed by atoms with Gasteiger partial charge in [-0.1, -0.05) is 37.3 Å². The second-order valence-corrected chi connectivity index (χ2v) is 9.82. The van der Waals surface area contributed by atoms with E-state index in [4.69, 9.17) is 5.73 Å². The third kappa shape index (κ3) is 3.72. The van der Waals surface area contributed by atoms with Crippen molar-refractivity contribution in [2.24, 2.45) is 0 Å². The van der Waals surface area contributed by atoms with Gasteiger partial charge in [0.1, 0.15) is 11.9 Å². The summed E-state index contributed by atoms with van der Waals surface area (Å²) in [5, 5.41) is 0. The first kappa shape index (κ1) is 22.2. The predicted octanol–water partition coefficient (Wildman–Crippen LogP) is 1.36. The molecule has 10 heteroatoms. The van der Waals surface area contributed by atoms with Gasteiger partial charge in [0.15, 0.2) is 5.69 Å². The number of amides is 2. The lowest BCUT2D eigenvalue weighted by Gasteiger charge is -2.33. The van der Waals surface area contributed by atoms with E-state index in [0.717, 1.165) is 5.56 Å². The SMILES string of the molecule is CCCN(C(=O)[C@H]1CS[C@@]2(C)CCC(=O)N12)c1c(N)n(Cc2ccccc2)c(=O)[nH]c1=O. The molecule has 2 amide bonds. The van der Waals surface area contributed by atoms with E-state index in [1.165, 1.54) is 9.47 Å². The highest BCUT2D eigenvalue weighted by molar-refractivity contribution is 8.01.